The normalized spacial score (nSPS) is 12.8. The SMILES string of the molecule is Cc1cc2cc(CNC(=O)/C=C\c3ccc4c(c3)OCO4)ccc2n1C. The molecule has 5 heteroatoms. The quantitative estimate of drug-likeness (QED) is 0.734. The fourth-order valence-electron chi connectivity index (χ4n) is 3.08. The number of rotatable bonds is 4. The Hall–Kier alpha value is -3.21. The Balaban J connectivity index is 1.39. The highest BCUT2D eigenvalue weighted by Gasteiger charge is 2.12. The minimum absolute atomic E-state index is 0.132. The largest absolute Gasteiger partial charge is 0.454 e. The average Bonchev–Trinajstić information content (AvgIpc) is 3.22. The molecule has 0 atom stereocenters. The van der Waals surface area contributed by atoms with Gasteiger partial charge in [-0.2, -0.15) is 0 Å². The van der Waals surface area contributed by atoms with Gasteiger partial charge in [-0.05, 0) is 54.5 Å². The fourth-order valence-corrected chi connectivity index (χ4v) is 3.08. The van der Waals surface area contributed by atoms with Crippen molar-refractivity contribution in [1.82, 2.24) is 9.88 Å². The summed E-state index contributed by atoms with van der Waals surface area (Å²) in [5.74, 6) is 1.31. The molecule has 1 N–H and O–H groups in total. The molecule has 1 aliphatic rings. The van der Waals surface area contributed by atoms with E-state index in [-0.39, 0.29) is 12.7 Å². The van der Waals surface area contributed by atoms with Crippen LogP contribution in [0.5, 0.6) is 11.5 Å². The van der Waals surface area contributed by atoms with Crippen molar-refractivity contribution >= 4 is 22.9 Å². The molecule has 2 aromatic carbocycles. The third kappa shape index (κ3) is 3.16. The molecule has 0 aliphatic carbocycles. The van der Waals surface area contributed by atoms with E-state index in [4.69, 9.17) is 9.47 Å². The second kappa shape index (κ2) is 6.59. The molecule has 0 unspecified atom stereocenters. The highest BCUT2D eigenvalue weighted by atomic mass is 16.7. The number of ether oxygens (including phenoxy) is 2. The van der Waals surface area contributed by atoms with E-state index >= 15 is 0 Å². The molecule has 1 aromatic heterocycles. The number of carbonyl (C=O) groups excluding carboxylic acids is 1. The van der Waals surface area contributed by atoms with Gasteiger partial charge in [-0.25, -0.2) is 0 Å². The summed E-state index contributed by atoms with van der Waals surface area (Å²) in [6.07, 6.45) is 3.30. The number of carbonyl (C=O) groups is 1. The minimum atomic E-state index is -0.132. The first kappa shape index (κ1) is 16.3. The lowest BCUT2D eigenvalue weighted by Gasteiger charge is -2.04. The number of hydrogen-bond acceptors (Lipinski definition) is 3. The monoisotopic (exact) mass is 348 g/mol. The molecule has 1 aliphatic heterocycles. The molecule has 0 saturated carbocycles. The number of nitrogens with one attached hydrogen (secondary N) is 1. The number of nitrogens with zero attached hydrogens (tertiary/aromatic N) is 1. The summed E-state index contributed by atoms with van der Waals surface area (Å²) >= 11 is 0. The summed E-state index contributed by atoms with van der Waals surface area (Å²) in [5.41, 5.74) is 4.38. The van der Waals surface area contributed by atoms with Gasteiger partial charge in [-0.15, -0.1) is 0 Å². The zero-order valence-corrected chi connectivity index (χ0v) is 14.8. The van der Waals surface area contributed by atoms with E-state index in [0.29, 0.717) is 12.3 Å². The third-order valence-corrected chi connectivity index (χ3v) is 4.64. The molecule has 2 heterocycles. The maximum absolute atomic E-state index is 12.1. The van der Waals surface area contributed by atoms with Crippen LogP contribution in [-0.2, 0) is 18.4 Å². The van der Waals surface area contributed by atoms with Gasteiger partial charge in [0.05, 0.1) is 0 Å². The molecule has 0 bridgehead atoms. The Bertz CT molecular complexity index is 1020. The van der Waals surface area contributed by atoms with E-state index in [0.717, 1.165) is 16.9 Å². The Morgan fingerprint density at radius 2 is 2.00 bits per heavy atom. The van der Waals surface area contributed by atoms with Gasteiger partial charge >= 0.3 is 0 Å². The van der Waals surface area contributed by atoms with Gasteiger partial charge < -0.3 is 19.4 Å². The standard InChI is InChI=1S/C21H20N2O3/c1-14-9-17-10-16(3-6-18(17)23(14)2)12-22-21(24)8-5-15-4-7-19-20(11-15)26-13-25-19/h3-11H,12-13H2,1-2H3,(H,22,24)/b8-5-. The molecular formula is C21H20N2O3. The number of aryl methyl sites for hydroxylation is 2. The Labute approximate surface area is 151 Å². The van der Waals surface area contributed by atoms with Gasteiger partial charge in [0.2, 0.25) is 12.7 Å². The highest BCUT2D eigenvalue weighted by molar-refractivity contribution is 5.92. The second-order valence-electron chi connectivity index (χ2n) is 6.40. The van der Waals surface area contributed by atoms with E-state index < -0.39 is 0 Å². The number of amides is 1. The molecule has 132 valence electrons. The van der Waals surface area contributed by atoms with Crippen LogP contribution in [0.15, 0.2) is 48.5 Å². The molecule has 4 rings (SSSR count). The summed E-state index contributed by atoms with van der Waals surface area (Å²) in [7, 11) is 2.06. The maximum atomic E-state index is 12.1. The number of fused-ring (bicyclic) bond motifs is 2. The average molecular weight is 348 g/mol. The van der Waals surface area contributed by atoms with Gasteiger partial charge in [0.25, 0.3) is 0 Å². The molecule has 26 heavy (non-hydrogen) atoms. The fraction of sp³-hybridized carbons (Fsp3) is 0.190. The van der Waals surface area contributed by atoms with Gasteiger partial charge in [0.15, 0.2) is 11.5 Å². The van der Waals surface area contributed by atoms with Crippen molar-refractivity contribution in [2.45, 2.75) is 13.5 Å². The predicted octanol–water partition coefficient (Wildman–Crippen LogP) is 3.55. The van der Waals surface area contributed by atoms with Crippen LogP contribution in [0, 0.1) is 6.92 Å². The van der Waals surface area contributed by atoms with Gasteiger partial charge in [0.1, 0.15) is 0 Å². The first-order chi connectivity index (χ1) is 12.6. The van der Waals surface area contributed by atoms with Crippen LogP contribution in [0.4, 0.5) is 0 Å². The summed E-state index contributed by atoms with van der Waals surface area (Å²) in [5, 5.41) is 4.11. The molecular weight excluding hydrogens is 328 g/mol. The summed E-state index contributed by atoms with van der Waals surface area (Å²) < 4.78 is 12.8. The van der Waals surface area contributed by atoms with Crippen LogP contribution in [-0.4, -0.2) is 17.3 Å². The van der Waals surface area contributed by atoms with Crippen LogP contribution >= 0.6 is 0 Å². The Kier molecular flexibility index (Phi) is 4.13. The second-order valence-corrected chi connectivity index (χ2v) is 6.40. The Morgan fingerprint density at radius 1 is 1.15 bits per heavy atom. The molecule has 5 nitrogen and oxygen atoms in total. The van der Waals surface area contributed by atoms with Crippen LogP contribution < -0.4 is 14.8 Å². The molecule has 0 saturated heterocycles. The van der Waals surface area contributed by atoms with Crippen molar-refractivity contribution in [1.29, 1.82) is 0 Å². The first-order valence-corrected chi connectivity index (χ1v) is 8.51. The maximum Gasteiger partial charge on any atom is 0.244 e. The third-order valence-electron chi connectivity index (χ3n) is 4.64. The van der Waals surface area contributed by atoms with Crippen LogP contribution in [0.2, 0.25) is 0 Å². The Morgan fingerprint density at radius 3 is 2.88 bits per heavy atom. The van der Waals surface area contributed by atoms with E-state index in [1.54, 1.807) is 6.08 Å². The number of aromatic nitrogens is 1. The van der Waals surface area contributed by atoms with Crippen molar-refractivity contribution in [3.05, 3.63) is 65.4 Å². The van der Waals surface area contributed by atoms with Gasteiger partial charge in [-0.1, -0.05) is 12.1 Å². The predicted molar refractivity (Wildman–Crippen MR) is 101 cm³/mol. The zero-order valence-electron chi connectivity index (χ0n) is 14.8. The lowest BCUT2D eigenvalue weighted by atomic mass is 10.1. The van der Waals surface area contributed by atoms with Crippen molar-refractivity contribution in [2.75, 3.05) is 6.79 Å². The summed E-state index contributed by atoms with van der Waals surface area (Å²) in [6.45, 7) is 2.82. The lowest BCUT2D eigenvalue weighted by Crippen LogP contribution is -2.20. The molecule has 0 radical (unpaired) electrons. The number of benzene rings is 2. The number of hydrogen-bond donors (Lipinski definition) is 1. The molecule has 0 fully saturated rings. The van der Waals surface area contributed by atoms with Crippen molar-refractivity contribution in [3.8, 4) is 11.5 Å². The van der Waals surface area contributed by atoms with Gasteiger partial charge in [-0.3, -0.25) is 4.79 Å². The minimum Gasteiger partial charge on any atom is -0.454 e. The smallest absolute Gasteiger partial charge is 0.244 e. The molecule has 0 spiro atoms. The summed E-state index contributed by atoms with van der Waals surface area (Å²) in [4.78, 5) is 12.1. The van der Waals surface area contributed by atoms with Crippen LogP contribution in [0.25, 0.3) is 17.0 Å². The van der Waals surface area contributed by atoms with Crippen molar-refractivity contribution in [3.63, 3.8) is 0 Å². The van der Waals surface area contributed by atoms with Crippen molar-refractivity contribution in [2.24, 2.45) is 7.05 Å². The first-order valence-electron chi connectivity index (χ1n) is 8.51. The van der Waals surface area contributed by atoms with Crippen molar-refractivity contribution < 1.29 is 14.3 Å². The van der Waals surface area contributed by atoms with E-state index in [1.165, 1.54) is 22.7 Å². The zero-order chi connectivity index (χ0) is 18.1. The molecule has 1 amide bonds. The van der Waals surface area contributed by atoms with Gasteiger partial charge in [0, 0.05) is 36.3 Å². The van der Waals surface area contributed by atoms with Crippen LogP contribution in [0.3, 0.4) is 0 Å². The lowest BCUT2D eigenvalue weighted by molar-refractivity contribution is -0.116. The molecule has 3 aromatic rings. The van der Waals surface area contributed by atoms with E-state index in [1.807, 2.05) is 24.3 Å². The van der Waals surface area contributed by atoms with Crippen LogP contribution in [0.1, 0.15) is 16.8 Å². The summed E-state index contributed by atoms with van der Waals surface area (Å²) in [6, 6.07) is 14.0. The van der Waals surface area contributed by atoms with E-state index in [2.05, 4.69) is 42.1 Å². The topological polar surface area (TPSA) is 52.5 Å². The van der Waals surface area contributed by atoms with E-state index in [9.17, 15) is 4.79 Å². The highest BCUT2D eigenvalue weighted by Crippen LogP contribution is 2.32.